The number of piperazine rings is 1. The zero-order chi connectivity index (χ0) is 22.3. The summed E-state index contributed by atoms with van der Waals surface area (Å²) in [5.74, 6) is 0. The van der Waals surface area contributed by atoms with Gasteiger partial charge in [-0.3, -0.25) is 9.88 Å². The van der Waals surface area contributed by atoms with Crippen LogP contribution in [0.1, 0.15) is 25.0 Å². The van der Waals surface area contributed by atoms with Gasteiger partial charge in [-0.05, 0) is 29.3 Å². The lowest BCUT2D eigenvalue weighted by Gasteiger charge is -2.34. The summed E-state index contributed by atoms with van der Waals surface area (Å²) < 4.78 is 26.6. The van der Waals surface area contributed by atoms with Crippen molar-refractivity contribution < 1.29 is 13.2 Å². The fraction of sp³-hybridized carbons (Fsp3) is 0.455. The number of amides is 2. The smallest absolute Gasteiger partial charge is 0.317 e. The van der Waals surface area contributed by atoms with Crippen LogP contribution < -0.4 is 5.32 Å². The maximum Gasteiger partial charge on any atom is 0.317 e. The summed E-state index contributed by atoms with van der Waals surface area (Å²) in [6.07, 6.45) is 3.64. The zero-order valence-corrected chi connectivity index (χ0v) is 19.0. The third-order valence-electron chi connectivity index (χ3n) is 5.50. The summed E-state index contributed by atoms with van der Waals surface area (Å²) in [7, 11) is -3.47. The molecule has 8 nitrogen and oxygen atoms in total. The maximum absolute atomic E-state index is 12.6. The highest BCUT2D eigenvalue weighted by Gasteiger charge is 2.22. The molecule has 9 heteroatoms. The van der Waals surface area contributed by atoms with Crippen molar-refractivity contribution in [2.45, 2.75) is 31.8 Å². The summed E-state index contributed by atoms with van der Waals surface area (Å²) in [4.78, 5) is 21.1. The minimum atomic E-state index is -3.47. The van der Waals surface area contributed by atoms with Crippen LogP contribution in [-0.2, 0) is 23.1 Å². The molecule has 3 rings (SSSR count). The van der Waals surface area contributed by atoms with Crippen molar-refractivity contribution in [2.75, 3.05) is 39.3 Å². The molecule has 0 saturated carbocycles. The zero-order valence-electron chi connectivity index (χ0n) is 18.2. The van der Waals surface area contributed by atoms with Gasteiger partial charge in [-0.15, -0.1) is 0 Å². The topological polar surface area (TPSA) is 85.8 Å². The van der Waals surface area contributed by atoms with Gasteiger partial charge in [-0.2, -0.15) is 4.31 Å². The van der Waals surface area contributed by atoms with Crippen LogP contribution in [0.3, 0.4) is 0 Å². The van der Waals surface area contributed by atoms with Gasteiger partial charge < -0.3 is 10.2 Å². The SMILES string of the molecule is CCN(CC)S(=O)(=O)c1ccc(CNC(=O)N2CCN(Cc3cccnc3)CC2)cc1. The van der Waals surface area contributed by atoms with E-state index in [0.717, 1.165) is 25.2 Å². The summed E-state index contributed by atoms with van der Waals surface area (Å²) in [5, 5.41) is 2.94. The van der Waals surface area contributed by atoms with E-state index in [4.69, 9.17) is 0 Å². The van der Waals surface area contributed by atoms with Gasteiger partial charge in [0.15, 0.2) is 0 Å². The van der Waals surface area contributed by atoms with E-state index in [9.17, 15) is 13.2 Å². The van der Waals surface area contributed by atoms with Gasteiger partial charge in [0.2, 0.25) is 10.0 Å². The number of nitrogens with zero attached hydrogens (tertiary/aromatic N) is 4. The second-order valence-electron chi connectivity index (χ2n) is 7.52. The predicted octanol–water partition coefficient (Wildman–Crippen LogP) is 2.14. The van der Waals surface area contributed by atoms with E-state index in [1.54, 1.807) is 30.5 Å². The van der Waals surface area contributed by atoms with E-state index in [1.807, 2.05) is 31.0 Å². The van der Waals surface area contributed by atoms with E-state index in [1.165, 1.54) is 9.87 Å². The molecular formula is C22H31N5O3S. The Morgan fingerprint density at radius 2 is 1.71 bits per heavy atom. The number of pyridine rings is 1. The summed E-state index contributed by atoms with van der Waals surface area (Å²) in [6, 6.07) is 10.6. The summed E-state index contributed by atoms with van der Waals surface area (Å²) in [6.45, 7) is 8.71. The molecule has 168 valence electrons. The number of aromatic nitrogens is 1. The standard InChI is InChI=1S/C22H31N5O3S/c1-3-27(4-2)31(29,30)21-9-7-19(8-10-21)17-24-22(28)26-14-12-25(13-15-26)18-20-6-5-11-23-16-20/h5-11,16H,3-4,12-15,17-18H2,1-2H3,(H,24,28). The highest BCUT2D eigenvalue weighted by atomic mass is 32.2. The molecule has 1 aliphatic heterocycles. The second kappa shape index (κ2) is 10.7. The van der Waals surface area contributed by atoms with Crippen molar-refractivity contribution in [1.29, 1.82) is 0 Å². The second-order valence-corrected chi connectivity index (χ2v) is 9.45. The number of sulfonamides is 1. The van der Waals surface area contributed by atoms with Crippen LogP contribution in [0.25, 0.3) is 0 Å². The van der Waals surface area contributed by atoms with Crippen LogP contribution in [0, 0.1) is 0 Å². The van der Waals surface area contributed by atoms with Crippen molar-refractivity contribution in [3.8, 4) is 0 Å². The number of carbonyl (C=O) groups excluding carboxylic acids is 1. The Hall–Kier alpha value is -2.49. The van der Waals surface area contributed by atoms with Crippen LogP contribution in [0.2, 0.25) is 0 Å². The van der Waals surface area contributed by atoms with E-state index < -0.39 is 10.0 Å². The molecule has 31 heavy (non-hydrogen) atoms. The lowest BCUT2D eigenvalue weighted by molar-refractivity contribution is 0.135. The molecule has 1 aliphatic rings. The van der Waals surface area contributed by atoms with E-state index in [-0.39, 0.29) is 10.9 Å². The minimum absolute atomic E-state index is 0.0964. The maximum atomic E-state index is 12.6. The lowest BCUT2D eigenvalue weighted by Crippen LogP contribution is -2.51. The van der Waals surface area contributed by atoms with E-state index in [2.05, 4.69) is 21.3 Å². The molecule has 2 amide bonds. The van der Waals surface area contributed by atoms with Crippen LogP contribution in [0.5, 0.6) is 0 Å². The fourth-order valence-electron chi connectivity index (χ4n) is 3.64. The van der Waals surface area contributed by atoms with E-state index >= 15 is 0 Å². The predicted molar refractivity (Wildman–Crippen MR) is 120 cm³/mol. The first kappa shape index (κ1) is 23.2. The Bertz CT molecular complexity index is 939. The molecule has 2 heterocycles. The highest BCUT2D eigenvalue weighted by molar-refractivity contribution is 7.89. The lowest BCUT2D eigenvalue weighted by atomic mass is 10.2. The van der Waals surface area contributed by atoms with Crippen LogP contribution in [0.15, 0.2) is 53.7 Å². The molecule has 0 bridgehead atoms. The molecule has 1 N–H and O–H groups in total. The Morgan fingerprint density at radius 1 is 1.03 bits per heavy atom. The van der Waals surface area contributed by atoms with Crippen molar-refractivity contribution in [2.24, 2.45) is 0 Å². The first-order chi connectivity index (χ1) is 14.9. The number of hydrogen-bond donors (Lipinski definition) is 1. The van der Waals surface area contributed by atoms with Crippen LogP contribution in [-0.4, -0.2) is 72.8 Å². The molecule has 0 atom stereocenters. The highest BCUT2D eigenvalue weighted by Crippen LogP contribution is 2.16. The Balaban J connectivity index is 1.47. The minimum Gasteiger partial charge on any atom is -0.334 e. The number of urea groups is 1. The number of rotatable bonds is 8. The Kier molecular flexibility index (Phi) is 8.00. The molecule has 0 spiro atoms. The Morgan fingerprint density at radius 3 is 2.29 bits per heavy atom. The van der Waals surface area contributed by atoms with Crippen molar-refractivity contribution in [1.82, 2.24) is 24.4 Å². The largest absolute Gasteiger partial charge is 0.334 e. The van der Waals surface area contributed by atoms with Crippen LogP contribution >= 0.6 is 0 Å². The normalized spacial score (nSPS) is 15.3. The van der Waals surface area contributed by atoms with Gasteiger partial charge >= 0.3 is 6.03 Å². The quantitative estimate of drug-likeness (QED) is 0.673. The molecule has 0 radical (unpaired) electrons. The van der Waals surface area contributed by atoms with Gasteiger partial charge in [-0.25, -0.2) is 13.2 Å². The third kappa shape index (κ3) is 6.03. The third-order valence-corrected chi connectivity index (χ3v) is 7.56. The van der Waals surface area contributed by atoms with Gasteiger partial charge in [0.1, 0.15) is 0 Å². The molecular weight excluding hydrogens is 414 g/mol. The Labute approximate surface area is 184 Å². The monoisotopic (exact) mass is 445 g/mol. The number of carbonyl (C=O) groups is 1. The van der Waals surface area contributed by atoms with Crippen molar-refractivity contribution in [3.05, 3.63) is 59.9 Å². The molecule has 1 saturated heterocycles. The van der Waals surface area contributed by atoms with Crippen molar-refractivity contribution >= 4 is 16.1 Å². The molecule has 0 unspecified atom stereocenters. The van der Waals surface area contributed by atoms with Gasteiger partial charge in [-0.1, -0.05) is 32.0 Å². The number of hydrogen-bond acceptors (Lipinski definition) is 5. The first-order valence-electron chi connectivity index (χ1n) is 10.7. The molecule has 0 aliphatic carbocycles. The van der Waals surface area contributed by atoms with Gasteiger partial charge in [0.05, 0.1) is 4.90 Å². The van der Waals surface area contributed by atoms with E-state index in [0.29, 0.717) is 32.7 Å². The summed E-state index contributed by atoms with van der Waals surface area (Å²) >= 11 is 0. The molecule has 1 aromatic carbocycles. The van der Waals surface area contributed by atoms with Gasteiger partial charge in [0, 0.05) is 64.8 Å². The molecule has 2 aromatic rings. The summed E-state index contributed by atoms with van der Waals surface area (Å²) in [5.41, 5.74) is 2.04. The van der Waals surface area contributed by atoms with Crippen molar-refractivity contribution in [3.63, 3.8) is 0 Å². The number of nitrogens with one attached hydrogen (secondary N) is 1. The molecule has 1 aromatic heterocycles. The van der Waals surface area contributed by atoms with Gasteiger partial charge in [0.25, 0.3) is 0 Å². The number of benzene rings is 1. The average molecular weight is 446 g/mol. The first-order valence-corrected chi connectivity index (χ1v) is 12.1. The molecule has 1 fully saturated rings. The average Bonchev–Trinajstić information content (AvgIpc) is 2.79. The fourth-order valence-corrected chi connectivity index (χ4v) is 5.10. The van der Waals surface area contributed by atoms with Crippen LogP contribution in [0.4, 0.5) is 4.79 Å².